The molecular formula is C21H25N5O5S. The van der Waals surface area contributed by atoms with E-state index in [-0.39, 0.29) is 48.8 Å². The van der Waals surface area contributed by atoms with Crippen molar-refractivity contribution in [2.24, 2.45) is 0 Å². The Morgan fingerprint density at radius 3 is 2.47 bits per heavy atom. The second-order valence-electron chi connectivity index (χ2n) is 7.40. The van der Waals surface area contributed by atoms with Crippen molar-refractivity contribution in [3.8, 4) is 0 Å². The van der Waals surface area contributed by atoms with Crippen molar-refractivity contribution in [3.63, 3.8) is 0 Å². The summed E-state index contributed by atoms with van der Waals surface area (Å²) in [5.41, 5.74) is 1.50. The smallest absolute Gasteiger partial charge is 0.253 e. The average Bonchev–Trinajstić information content (AvgIpc) is 2.78. The van der Waals surface area contributed by atoms with Gasteiger partial charge in [-0.1, -0.05) is 6.07 Å². The minimum Gasteiger partial charge on any atom is -0.376 e. The molecule has 3 amide bonds. The Hall–Kier alpha value is -3.44. The van der Waals surface area contributed by atoms with Gasteiger partial charge in [0.15, 0.2) is 0 Å². The van der Waals surface area contributed by atoms with E-state index in [1.807, 2.05) is 0 Å². The first-order chi connectivity index (χ1) is 15.2. The third-order valence-electron chi connectivity index (χ3n) is 4.75. The molecule has 0 aromatic heterocycles. The first-order valence-electron chi connectivity index (χ1n) is 9.89. The topological polar surface area (TPSA) is 128 Å². The molecule has 0 saturated carbocycles. The second-order valence-corrected chi connectivity index (χ2v) is 9.33. The zero-order valence-corrected chi connectivity index (χ0v) is 18.6. The van der Waals surface area contributed by atoms with Crippen molar-refractivity contribution in [1.82, 2.24) is 14.5 Å². The van der Waals surface area contributed by atoms with Gasteiger partial charge in [0.1, 0.15) is 0 Å². The fourth-order valence-corrected chi connectivity index (χ4v) is 4.52. The van der Waals surface area contributed by atoms with Crippen LogP contribution >= 0.6 is 0 Å². The molecule has 1 aliphatic heterocycles. The molecule has 0 aliphatic carbocycles. The number of nitrogens with one attached hydrogen (secondary N) is 3. The number of amides is 3. The lowest BCUT2D eigenvalue weighted by atomic mass is 10.2. The molecule has 32 heavy (non-hydrogen) atoms. The van der Waals surface area contributed by atoms with E-state index in [0.29, 0.717) is 16.9 Å². The van der Waals surface area contributed by atoms with E-state index in [9.17, 15) is 22.8 Å². The quantitative estimate of drug-likeness (QED) is 0.555. The highest BCUT2D eigenvalue weighted by atomic mass is 32.2. The molecule has 2 aromatic carbocycles. The summed E-state index contributed by atoms with van der Waals surface area (Å²) in [4.78, 5) is 37.2. The molecule has 10 nitrogen and oxygen atoms in total. The molecule has 1 fully saturated rings. The van der Waals surface area contributed by atoms with Crippen LogP contribution in [0.15, 0.2) is 53.4 Å². The van der Waals surface area contributed by atoms with Crippen LogP contribution in [-0.2, 0) is 19.6 Å². The Balaban J connectivity index is 1.59. The maximum atomic E-state index is 12.8. The van der Waals surface area contributed by atoms with Crippen molar-refractivity contribution in [1.29, 1.82) is 0 Å². The van der Waals surface area contributed by atoms with E-state index in [4.69, 9.17) is 0 Å². The fraction of sp³-hybridized carbons (Fsp3) is 0.286. The van der Waals surface area contributed by atoms with Gasteiger partial charge in [0, 0.05) is 44.1 Å². The number of nitrogens with zero attached hydrogens (tertiary/aromatic N) is 2. The molecule has 0 unspecified atom stereocenters. The molecule has 0 atom stereocenters. The van der Waals surface area contributed by atoms with Gasteiger partial charge in [-0.2, -0.15) is 4.31 Å². The molecule has 0 bridgehead atoms. The first kappa shape index (κ1) is 23.2. The lowest BCUT2D eigenvalue weighted by Gasteiger charge is -2.26. The van der Waals surface area contributed by atoms with Crippen molar-refractivity contribution >= 4 is 39.1 Å². The van der Waals surface area contributed by atoms with E-state index in [1.54, 1.807) is 50.5 Å². The number of carbonyl (C=O) groups is 3. The number of carbonyl (C=O) groups excluding carboxylic acids is 3. The summed E-state index contributed by atoms with van der Waals surface area (Å²) in [6, 6.07) is 12.6. The summed E-state index contributed by atoms with van der Waals surface area (Å²) in [6.45, 7) is 0.156. The summed E-state index contributed by atoms with van der Waals surface area (Å²) in [5.74, 6) is -0.813. The van der Waals surface area contributed by atoms with Crippen molar-refractivity contribution < 1.29 is 22.8 Å². The Morgan fingerprint density at radius 2 is 1.81 bits per heavy atom. The van der Waals surface area contributed by atoms with Gasteiger partial charge in [-0.15, -0.1) is 0 Å². The molecule has 170 valence electrons. The highest BCUT2D eigenvalue weighted by molar-refractivity contribution is 7.89. The monoisotopic (exact) mass is 459 g/mol. The lowest BCUT2D eigenvalue weighted by molar-refractivity contribution is -0.122. The zero-order valence-electron chi connectivity index (χ0n) is 17.8. The van der Waals surface area contributed by atoms with Crippen LogP contribution in [0.2, 0.25) is 0 Å². The predicted octanol–water partition coefficient (Wildman–Crippen LogP) is 0.560. The minimum absolute atomic E-state index is 0.0405. The third kappa shape index (κ3) is 5.62. The van der Waals surface area contributed by atoms with E-state index in [1.165, 1.54) is 17.0 Å². The van der Waals surface area contributed by atoms with E-state index in [0.717, 1.165) is 4.31 Å². The summed E-state index contributed by atoms with van der Waals surface area (Å²) in [5, 5.41) is 8.20. The molecule has 11 heteroatoms. The number of sulfonamides is 1. The number of hydrogen-bond acceptors (Lipinski definition) is 6. The Morgan fingerprint density at radius 1 is 1.09 bits per heavy atom. The first-order valence-corrected chi connectivity index (χ1v) is 11.3. The number of anilines is 2. The van der Waals surface area contributed by atoms with Crippen LogP contribution in [0.3, 0.4) is 0 Å². The van der Waals surface area contributed by atoms with Gasteiger partial charge in [0.05, 0.1) is 18.0 Å². The maximum Gasteiger partial charge on any atom is 0.253 e. The molecule has 3 N–H and O–H groups in total. The maximum absolute atomic E-state index is 12.8. The Kier molecular flexibility index (Phi) is 7.11. The highest BCUT2D eigenvalue weighted by Crippen LogP contribution is 2.20. The van der Waals surface area contributed by atoms with Gasteiger partial charge in [-0.05, 0) is 42.5 Å². The molecule has 0 spiro atoms. The number of benzene rings is 2. The van der Waals surface area contributed by atoms with E-state index < -0.39 is 10.0 Å². The summed E-state index contributed by atoms with van der Waals surface area (Å²) >= 11 is 0. The molecular weight excluding hydrogens is 434 g/mol. The van der Waals surface area contributed by atoms with E-state index >= 15 is 0 Å². The van der Waals surface area contributed by atoms with Crippen LogP contribution in [-0.4, -0.2) is 75.6 Å². The molecule has 2 aromatic rings. The third-order valence-corrected chi connectivity index (χ3v) is 6.59. The Bertz CT molecular complexity index is 1120. The standard InChI is InChI=1S/C21H25N5O5S/c1-25(2)21(29)15-6-8-16(9-7-15)24-19(27)13-23-17-4-3-5-18(12-17)32(30,31)26-11-10-22-20(28)14-26/h3-9,12,23H,10-11,13-14H2,1-2H3,(H,22,28)(H,24,27). The normalized spacial score (nSPS) is 14.4. The largest absolute Gasteiger partial charge is 0.376 e. The highest BCUT2D eigenvalue weighted by Gasteiger charge is 2.29. The van der Waals surface area contributed by atoms with Gasteiger partial charge in [0.25, 0.3) is 5.91 Å². The zero-order chi connectivity index (χ0) is 23.3. The van der Waals surface area contributed by atoms with Crippen molar-refractivity contribution in [2.45, 2.75) is 4.90 Å². The molecule has 0 radical (unpaired) electrons. The van der Waals surface area contributed by atoms with Gasteiger partial charge in [0.2, 0.25) is 21.8 Å². The van der Waals surface area contributed by atoms with Crippen LogP contribution in [0.4, 0.5) is 11.4 Å². The second kappa shape index (κ2) is 9.79. The Labute approximate surface area is 186 Å². The van der Waals surface area contributed by atoms with Gasteiger partial charge < -0.3 is 20.9 Å². The fourth-order valence-electron chi connectivity index (χ4n) is 3.08. The van der Waals surface area contributed by atoms with Crippen LogP contribution in [0.5, 0.6) is 0 Å². The van der Waals surface area contributed by atoms with E-state index in [2.05, 4.69) is 16.0 Å². The molecule has 1 heterocycles. The summed E-state index contributed by atoms with van der Waals surface area (Å²) in [6.07, 6.45) is 0. The average molecular weight is 460 g/mol. The summed E-state index contributed by atoms with van der Waals surface area (Å²) in [7, 11) is -0.501. The number of rotatable bonds is 7. The molecule has 1 aliphatic rings. The van der Waals surface area contributed by atoms with Crippen LogP contribution < -0.4 is 16.0 Å². The van der Waals surface area contributed by atoms with Gasteiger partial charge in [-0.25, -0.2) is 8.42 Å². The predicted molar refractivity (Wildman–Crippen MR) is 120 cm³/mol. The van der Waals surface area contributed by atoms with Crippen LogP contribution in [0.1, 0.15) is 10.4 Å². The van der Waals surface area contributed by atoms with Crippen LogP contribution in [0, 0.1) is 0 Å². The van der Waals surface area contributed by atoms with Crippen molar-refractivity contribution in [2.75, 3.05) is 50.9 Å². The van der Waals surface area contributed by atoms with Crippen LogP contribution in [0.25, 0.3) is 0 Å². The van der Waals surface area contributed by atoms with Gasteiger partial charge >= 0.3 is 0 Å². The lowest BCUT2D eigenvalue weighted by Crippen LogP contribution is -2.49. The molecule has 3 rings (SSSR count). The molecule has 1 saturated heterocycles. The number of hydrogen-bond donors (Lipinski definition) is 3. The SMILES string of the molecule is CN(C)C(=O)c1ccc(NC(=O)CNc2cccc(S(=O)(=O)N3CCNC(=O)C3)c2)cc1. The minimum atomic E-state index is -3.82. The number of piperazine rings is 1. The van der Waals surface area contributed by atoms with Crippen molar-refractivity contribution in [3.05, 3.63) is 54.1 Å². The van der Waals surface area contributed by atoms with Gasteiger partial charge in [-0.3, -0.25) is 14.4 Å². The summed E-state index contributed by atoms with van der Waals surface area (Å²) < 4.78 is 26.7.